The van der Waals surface area contributed by atoms with Gasteiger partial charge in [-0.05, 0) is 75.0 Å². The van der Waals surface area contributed by atoms with Gasteiger partial charge in [-0.2, -0.15) is 0 Å². The first-order valence-corrected chi connectivity index (χ1v) is 16.6. The summed E-state index contributed by atoms with van der Waals surface area (Å²) in [6.45, 7) is 4.42. The molecule has 3 aliphatic rings. The Kier molecular flexibility index (Phi) is 12.5. The van der Waals surface area contributed by atoms with Gasteiger partial charge in [0.25, 0.3) is 0 Å². The molecule has 1 radical (unpaired) electrons. The maximum absolute atomic E-state index is 11.8. The van der Waals surface area contributed by atoms with Crippen molar-refractivity contribution in [3.8, 4) is 11.3 Å². The van der Waals surface area contributed by atoms with Crippen molar-refractivity contribution in [3.63, 3.8) is 0 Å². The minimum absolute atomic E-state index is 0. The molecular weight excluding hydrogens is 733 g/mol. The molecule has 7 rings (SSSR count). The fraction of sp³-hybridized carbons (Fsp3) is 0.475. The van der Waals surface area contributed by atoms with Crippen molar-refractivity contribution < 1.29 is 30.0 Å². The first kappa shape index (κ1) is 35.0. The van der Waals surface area contributed by atoms with Crippen LogP contribution in [0.1, 0.15) is 109 Å². The predicted molar refractivity (Wildman–Crippen MR) is 183 cm³/mol. The number of hydrogen-bond donors (Lipinski definition) is 1. The zero-order chi connectivity index (χ0) is 29.8. The maximum atomic E-state index is 11.8. The number of aryl methyl sites for hydroxylation is 1. The molecule has 45 heavy (non-hydrogen) atoms. The number of carbonyl (C=O) groups is 1. The number of aromatic nitrogens is 2. The van der Waals surface area contributed by atoms with Crippen LogP contribution >= 0.6 is 0 Å². The van der Waals surface area contributed by atoms with Crippen molar-refractivity contribution in [2.45, 2.75) is 104 Å². The molecule has 0 aliphatic heterocycles. The molecule has 0 unspecified atom stereocenters. The second kappa shape index (κ2) is 16.1. The number of aliphatic hydroxyl groups excluding tert-OH is 1. The fourth-order valence-corrected chi connectivity index (χ4v) is 7.42. The molecule has 4 nitrogen and oxygen atoms in total. The van der Waals surface area contributed by atoms with Gasteiger partial charge in [0.15, 0.2) is 5.78 Å². The van der Waals surface area contributed by atoms with Gasteiger partial charge < -0.3 is 5.11 Å². The van der Waals surface area contributed by atoms with Gasteiger partial charge in [-0.3, -0.25) is 14.8 Å². The van der Waals surface area contributed by atoms with Gasteiger partial charge in [0, 0.05) is 49.4 Å². The Morgan fingerprint density at radius 2 is 1.51 bits per heavy atom. The normalized spacial score (nSPS) is 20.7. The summed E-state index contributed by atoms with van der Waals surface area (Å²) in [5, 5.41) is 12.2. The van der Waals surface area contributed by atoms with E-state index in [2.05, 4.69) is 61.5 Å². The molecule has 3 fully saturated rings. The molecule has 0 saturated heterocycles. The third-order valence-corrected chi connectivity index (χ3v) is 10.1. The third-order valence-electron chi connectivity index (χ3n) is 10.1. The fourth-order valence-electron chi connectivity index (χ4n) is 7.42. The van der Waals surface area contributed by atoms with Crippen LogP contribution in [0.3, 0.4) is 0 Å². The molecule has 5 heteroatoms. The molecule has 3 aliphatic carbocycles. The molecule has 1 aromatic heterocycles. The zero-order valence-electron chi connectivity index (χ0n) is 26.2. The number of ketones is 1. The number of aliphatic hydroxyl groups is 1. The van der Waals surface area contributed by atoms with E-state index in [0.717, 1.165) is 59.6 Å². The Morgan fingerprint density at radius 3 is 2.22 bits per heavy atom. The van der Waals surface area contributed by atoms with Gasteiger partial charge in [0.1, 0.15) is 0 Å². The summed E-state index contributed by atoms with van der Waals surface area (Å²) in [5.41, 5.74) is 6.35. The van der Waals surface area contributed by atoms with Crippen LogP contribution in [0.25, 0.3) is 33.1 Å². The van der Waals surface area contributed by atoms with Crippen molar-refractivity contribution in [1.29, 1.82) is 0 Å². The van der Waals surface area contributed by atoms with Gasteiger partial charge in [-0.1, -0.05) is 88.6 Å². The van der Waals surface area contributed by atoms with E-state index >= 15 is 0 Å². The van der Waals surface area contributed by atoms with Gasteiger partial charge in [0.05, 0.1) is 16.8 Å². The number of benzene rings is 3. The van der Waals surface area contributed by atoms with E-state index in [0.29, 0.717) is 11.7 Å². The molecule has 4 aromatic rings. The van der Waals surface area contributed by atoms with Crippen molar-refractivity contribution in [1.82, 2.24) is 9.97 Å². The molecule has 241 valence electrons. The summed E-state index contributed by atoms with van der Waals surface area (Å²) >= 11 is 0. The van der Waals surface area contributed by atoms with Gasteiger partial charge in [0.2, 0.25) is 0 Å². The molecular formula is C40H49IrN2O2-. The smallest absolute Gasteiger partial charge is 0.162 e. The average molecular weight is 782 g/mol. The van der Waals surface area contributed by atoms with Gasteiger partial charge in [-0.25, -0.2) is 0 Å². The van der Waals surface area contributed by atoms with E-state index < -0.39 is 0 Å². The summed E-state index contributed by atoms with van der Waals surface area (Å²) in [7, 11) is 0. The quantitative estimate of drug-likeness (QED) is 0.124. The SMILES string of the molecule is C.Cc1nc2ccc(C3CCC(C)CC3)cc2nc1-c1[c-]ccc2ccccc12.O=C(C=C(O)C1CCCC1)C1CCCC1.[Ir]. The Balaban J connectivity index is 0.000000232. The Hall–Kier alpha value is -2.88. The second-order valence-corrected chi connectivity index (χ2v) is 13.2. The zero-order valence-corrected chi connectivity index (χ0v) is 28.5. The summed E-state index contributed by atoms with van der Waals surface area (Å²) < 4.78 is 0. The molecule has 0 spiro atoms. The average Bonchev–Trinajstić information content (AvgIpc) is 3.77. The number of hydrogen-bond acceptors (Lipinski definition) is 4. The number of fused-ring (bicyclic) bond motifs is 2. The van der Waals surface area contributed by atoms with Crippen LogP contribution in [0.2, 0.25) is 0 Å². The van der Waals surface area contributed by atoms with Crippen molar-refractivity contribution in [2.75, 3.05) is 0 Å². The minimum atomic E-state index is 0. The van der Waals surface area contributed by atoms with E-state index in [-0.39, 0.29) is 45.2 Å². The van der Waals surface area contributed by atoms with Crippen molar-refractivity contribution in [2.24, 2.45) is 17.8 Å². The van der Waals surface area contributed by atoms with Crippen LogP contribution in [-0.4, -0.2) is 20.9 Å². The number of nitrogens with zero attached hydrogens (tertiary/aromatic N) is 2. The number of rotatable bonds is 5. The Labute approximate surface area is 283 Å². The third kappa shape index (κ3) is 8.29. The largest absolute Gasteiger partial charge is 0.512 e. The maximum Gasteiger partial charge on any atom is 0.162 e. The summed E-state index contributed by atoms with van der Waals surface area (Å²) in [4.78, 5) is 21.7. The monoisotopic (exact) mass is 782 g/mol. The van der Waals surface area contributed by atoms with E-state index in [1.165, 1.54) is 73.8 Å². The molecule has 1 N–H and O–H groups in total. The molecule has 0 bridgehead atoms. The molecule has 0 amide bonds. The first-order valence-electron chi connectivity index (χ1n) is 16.6. The molecule has 1 heterocycles. The standard InChI is InChI=1S/C26H25N2.C13H20O2.CH4.Ir/c1-17-10-12-19(13-11-17)21-14-15-24-25(16-21)28-26(18(2)27-24)23-9-5-7-20-6-3-4-8-22(20)23;14-12(10-5-1-2-6-10)9-13(15)11-7-3-4-8-11;;/h3-8,14-17,19H,10-13H2,1-2H3;9-11,14H,1-8H2;1H4;/q-1;;;. The van der Waals surface area contributed by atoms with Gasteiger partial charge in [-0.15, -0.1) is 29.1 Å². The molecule has 3 aromatic carbocycles. The van der Waals surface area contributed by atoms with E-state index in [1.807, 2.05) is 13.0 Å². The number of allylic oxidation sites excluding steroid dienone is 2. The van der Waals surface area contributed by atoms with Crippen molar-refractivity contribution in [3.05, 3.63) is 83.8 Å². The van der Waals surface area contributed by atoms with Crippen LogP contribution < -0.4 is 0 Å². The van der Waals surface area contributed by atoms with E-state index in [1.54, 1.807) is 0 Å². The first-order chi connectivity index (χ1) is 21.0. The van der Waals surface area contributed by atoms with Crippen molar-refractivity contribution >= 4 is 27.6 Å². The predicted octanol–water partition coefficient (Wildman–Crippen LogP) is 10.9. The van der Waals surface area contributed by atoms with Crippen LogP contribution in [0.5, 0.6) is 0 Å². The summed E-state index contributed by atoms with van der Waals surface area (Å²) in [6.07, 6.45) is 15.7. The second-order valence-electron chi connectivity index (χ2n) is 13.2. The van der Waals surface area contributed by atoms with Crippen LogP contribution in [0.4, 0.5) is 0 Å². The van der Waals surface area contributed by atoms with E-state index in [9.17, 15) is 9.90 Å². The van der Waals surface area contributed by atoms with E-state index in [4.69, 9.17) is 9.97 Å². The molecule has 3 saturated carbocycles. The summed E-state index contributed by atoms with van der Waals surface area (Å²) in [5.74, 6) is 2.52. The van der Waals surface area contributed by atoms with Gasteiger partial charge >= 0.3 is 0 Å². The molecule has 0 atom stereocenters. The number of carbonyl (C=O) groups excluding carboxylic acids is 1. The van der Waals surface area contributed by atoms with Crippen LogP contribution in [-0.2, 0) is 24.9 Å². The minimum Gasteiger partial charge on any atom is -0.512 e. The summed E-state index contributed by atoms with van der Waals surface area (Å²) in [6, 6.07) is 22.6. The topological polar surface area (TPSA) is 63.1 Å². The van der Waals surface area contributed by atoms with Crippen LogP contribution in [0, 0.1) is 30.7 Å². The Bertz CT molecular complexity index is 1600. The Morgan fingerprint density at radius 1 is 0.844 bits per heavy atom. The van der Waals surface area contributed by atoms with Crippen LogP contribution in [0.15, 0.2) is 66.4 Å².